The molecule has 0 N–H and O–H groups in total. The fourth-order valence-electron chi connectivity index (χ4n) is 3.60. The summed E-state index contributed by atoms with van der Waals surface area (Å²) < 4.78 is 9.99. The fourth-order valence-corrected chi connectivity index (χ4v) is 3.60. The Hall–Kier alpha value is -3.42. The number of ether oxygens (including phenoxy) is 2. The van der Waals surface area contributed by atoms with Gasteiger partial charge in [-0.1, -0.05) is 30.3 Å². The summed E-state index contributed by atoms with van der Waals surface area (Å²) in [5, 5.41) is 11.1. The van der Waals surface area contributed by atoms with Crippen LogP contribution in [0.3, 0.4) is 0 Å². The van der Waals surface area contributed by atoms with Crippen LogP contribution in [0.5, 0.6) is 5.75 Å². The highest BCUT2D eigenvalue weighted by molar-refractivity contribution is 5.92. The Morgan fingerprint density at radius 2 is 1.83 bits per heavy atom. The molecule has 1 fully saturated rings. The maximum absolute atomic E-state index is 12.4. The Kier molecular flexibility index (Phi) is 7.00. The Morgan fingerprint density at radius 1 is 1.13 bits per heavy atom. The normalized spacial score (nSPS) is 14.2. The smallest absolute Gasteiger partial charge is 0.338 e. The predicted molar refractivity (Wildman–Crippen MR) is 109 cm³/mol. The maximum Gasteiger partial charge on any atom is 0.338 e. The third-order valence-corrected chi connectivity index (χ3v) is 5.27. The molecule has 30 heavy (non-hydrogen) atoms. The van der Waals surface area contributed by atoms with Crippen molar-refractivity contribution in [3.8, 4) is 5.75 Å². The molecule has 0 aliphatic carbocycles. The van der Waals surface area contributed by atoms with Crippen molar-refractivity contribution in [2.45, 2.75) is 19.3 Å². The number of hydrogen-bond donors (Lipinski definition) is 0. The van der Waals surface area contributed by atoms with Crippen molar-refractivity contribution < 1.29 is 24.0 Å². The third kappa shape index (κ3) is 5.34. The van der Waals surface area contributed by atoms with Gasteiger partial charge >= 0.3 is 11.7 Å². The molecule has 158 valence electrons. The predicted octanol–water partition coefficient (Wildman–Crippen LogP) is 3.24. The van der Waals surface area contributed by atoms with Gasteiger partial charge in [0.05, 0.1) is 17.6 Å². The highest BCUT2D eigenvalue weighted by atomic mass is 16.6. The lowest BCUT2D eigenvalue weighted by molar-refractivity contribution is -0.385. The van der Waals surface area contributed by atoms with Crippen LogP contribution in [0.2, 0.25) is 0 Å². The molecule has 1 heterocycles. The number of hydrogen-bond acceptors (Lipinski definition) is 6. The Labute approximate surface area is 174 Å². The molecule has 0 unspecified atom stereocenters. The van der Waals surface area contributed by atoms with Gasteiger partial charge in [-0.15, -0.1) is 0 Å². The second-order valence-electron chi connectivity index (χ2n) is 7.23. The zero-order valence-corrected chi connectivity index (χ0v) is 16.8. The number of nitrogens with zero attached hydrogens (tertiary/aromatic N) is 2. The van der Waals surface area contributed by atoms with Crippen molar-refractivity contribution in [1.82, 2.24) is 4.90 Å². The van der Waals surface area contributed by atoms with Gasteiger partial charge in [0.15, 0.2) is 12.4 Å². The number of esters is 1. The molecular formula is C22H24N2O6. The summed E-state index contributed by atoms with van der Waals surface area (Å²) in [6.07, 6.45) is 2.80. The first-order valence-corrected chi connectivity index (χ1v) is 9.79. The molecule has 0 spiro atoms. The lowest BCUT2D eigenvalue weighted by Gasteiger charge is -2.32. The molecule has 1 amide bonds. The molecule has 3 rings (SSSR count). The fraction of sp³-hybridized carbons (Fsp3) is 0.364. The standard InChI is InChI=1S/C22H24N2O6/c1-29-20-8-7-18(14-19(20)24(27)28)22(26)30-15-21(25)23-11-9-17(10-12-23)13-16-5-3-2-4-6-16/h2-8,14,17H,9-13,15H2,1H3. The first kappa shape index (κ1) is 21.3. The number of likely N-dealkylation sites (tertiary alicyclic amines) is 1. The Bertz CT molecular complexity index is 907. The molecule has 1 saturated heterocycles. The average Bonchev–Trinajstić information content (AvgIpc) is 2.78. The number of amides is 1. The molecule has 0 saturated carbocycles. The van der Waals surface area contributed by atoms with Gasteiger partial charge in [-0.05, 0) is 42.9 Å². The van der Waals surface area contributed by atoms with Crippen LogP contribution in [0.25, 0.3) is 0 Å². The van der Waals surface area contributed by atoms with Crippen molar-refractivity contribution in [3.63, 3.8) is 0 Å². The summed E-state index contributed by atoms with van der Waals surface area (Å²) in [4.78, 5) is 36.7. The minimum Gasteiger partial charge on any atom is -0.490 e. The monoisotopic (exact) mass is 412 g/mol. The minimum atomic E-state index is -0.784. The van der Waals surface area contributed by atoms with E-state index >= 15 is 0 Å². The second kappa shape index (κ2) is 9.87. The van der Waals surface area contributed by atoms with Gasteiger partial charge in [0.2, 0.25) is 0 Å². The van der Waals surface area contributed by atoms with Crippen LogP contribution in [0.4, 0.5) is 5.69 Å². The minimum absolute atomic E-state index is 0.00290. The lowest BCUT2D eigenvalue weighted by atomic mass is 9.90. The van der Waals surface area contributed by atoms with Crippen molar-refractivity contribution in [2.75, 3.05) is 26.8 Å². The van der Waals surface area contributed by atoms with Crippen LogP contribution < -0.4 is 4.74 Å². The Morgan fingerprint density at radius 3 is 2.47 bits per heavy atom. The molecule has 0 radical (unpaired) electrons. The summed E-state index contributed by atoms with van der Waals surface area (Å²) in [7, 11) is 1.31. The highest BCUT2D eigenvalue weighted by Crippen LogP contribution is 2.28. The van der Waals surface area contributed by atoms with Crippen molar-refractivity contribution >= 4 is 17.6 Å². The van der Waals surface area contributed by atoms with Crippen LogP contribution in [0, 0.1) is 16.0 Å². The molecule has 8 heteroatoms. The van der Waals surface area contributed by atoms with Crippen LogP contribution in [0.15, 0.2) is 48.5 Å². The highest BCUT2D eigenvalue weighted by Gasteiger charge is 2.24. The van der Waals surface area contributed by atoms with Crippen LogP contribution in [-0.2, 0) is 16.0 Å². The number of rotatable bonds is 7. The Balaban J connectivity index is 1.48. The van der Waals surface area contributed by atoms with E-state index in [2.05, 4.69) is 12.1 Å². The first-order chi connectivity index (χ1) is 14.5. The number of carbonyl (C=O) groups is 2. The molecular weight excluding hydrogens is 388 g/mol. The molecule has 8 nitrogen and oxygen atoms in total. The lowest BCUT2D eigenvalue weighted by Crippen LogP contribution is -2.41. The second-order valence-corrected chi connectivity index (χ2v) is 7.23. The zero-order valence-electron chi connectivity index (χ0n) is 16.8. The molecule has 0 bridgehead atoms. The quantitative estimate of drug-likeness (QED) is 0.393. The maximum atomic E-state index is 12.4. The molecule has 2 aromatic rings. The average molecular weight is 412 g/mol. The van der Waals surface area contributed by atoms with E-state index in [9.17, 15) is 19.7 Å². The summed E-state index contributed by atoms with van der Waals surface area (Å²) in [6, 6.07) is 14.1. The van der Waals surface area contributed by atoms with E-state index < -0.39 is 10.9 Å². The van der Waals surface area contributed by atoms with Gasteiger partial charge in [0, 0.05) is 19.2 Å². The van der Waals surface area contributed by atoms with Crippen LogP contribution in [0.1, 0.15) is 28.8 Å². The van der Waals surface area contributed by atoms with Gasteiger partial charge in [0.25, 0.3) is 5.91 Å². The summed E-state index contributed by atoms with van der Waals surface area (Å²) in [6.45, 7) is 0.867. The molecule has 0 atom stereocenters. The van der Waals surface area contributed by atoms with Crippen molar-refractivity contribution in [2.24, 2.45) is 5.92 Å². The molecule has 0 aromatic heterocycles. The number of methoxy groups -OCH3 is 1. The SMILES string of the molecule is COc1ccc(C(=O)OCC(=O)N2CCC(Cc3ccccc3)CC2)cc1[N+](=O)[O-]. The van der Waals surface area contributed by atoms with Crippen molar-refractivity contribution in [3.05, 3.63) is 69.8 Å². The van der Waals surface area contributed by atoms with Gasteiger partial charge in [-0.25, -0.2) is 4.79 Å². The summed E-state index contributed by atoms with van der Waals surface area (Å²) >= 11 is 0. The van der Waals surface area contributed by atoms with E-state index in [0.29, 0.717) is 19.0 Å². The number of nitro benzene ring substituents is 1. The van der Waals surface area contributed by atoms with Crippen LogP contribution >= 0.6 is 0 Å². The van der Waals surface area contributed by atoms with Crippen molar-refractivity contribution in [1.29, 1.82) is 0 Å². The van der Waals surface area contributed by atoms with Gasteiger partial charge in [0.1, 0.15) is 0 Å². The van der Waals surface area contributed by atoms with E-state index in [1.54, 1.807) is 4.90 Å². The number of benzene rings is 2. The zero-order chi connectivity index (χ0) is 21.5. The van der Waals surface area contributed by atoms with E-state index in [-0.39, 0.29) is 29.5 Å². The topological polar surface area (TPSA) is 99.0 Å². The van der Waals surface area contributed by atoms with E-state index in [0.717, 1.165) is 25.3 Å². The van der Waals surface area contributed by atoms with E-state index in [1.165, 1.54) is 24.8 Å². The van der Waals surface area contributed by atoms with E-state index in [4.69, 9.17) is 9.47 Å². The van der Waals surface area contributed by atoms with E-state index in [1.807, 2.05) is 18.2 Å². The number of nitro groups is 1. The number of piperidine rings is 1. The first-order valence-electron chi connectivity index (χ1n) is 9.79. The van der Waals surface area contributed by atoms with Crippen LogP contribution in [-0.4, -0.2) is 48.5 Å². The van der Waals surface area contributed by atoms with Gasteiger partial charge < -0.3 is 14.4 Å². The molecule has 1 aliphatic heterocycles. The summed E-state index contributed by atoms with van der Waals surface area (Å²) in [5.74, 6) is -0.470. The van der Waals surface area contributed by atoms with Gasteiger partial charge in [-0.2, -0.15) is 0 Å². The van der Waals surface area contributed by atoms with Gasteiger partial charge in [-0.3, -0.25) is 14.9 Å². The number of carbonyl (C=O) groups excluding carboxylic acids is 2. The molecule has 1 aliphatic rings. The molecule has 2 aromatic carbocycles. The largest absolute Gasteiger partial charge is 0.490 e. The third-order valence-electron chi connectivity index (χ3n) is 5.27. The summed E-state index contributed by atoms with van der Waals surface area (Å²) in [5.41, 5.74) is 0.959.